The minimum atomic E-state index is -1.51. The molecule has 1 N–H and O–H groups in total. The molecular formula is C69H132NO8+. The molecule has 9 heteroatoms. The first-order valence-electron chi connectivity index (χ1n) is 34.0. The summed E-state index contributed by atoms with van der Waals surface area (Å²) in [5, 5.41) is 9.74. The Hall–Kier alpha value is -2.23. The lowest BCUT2D eigenvalue weighted by atomic mass is 10.0. The average molecular weight is 1100 g/mol. The fraction of sp³-hybridized carbons (Fsp3) is 0.899. The van der Waals surface area contributed by atoms with Gasteiger partial charge in [0.05, 0.1) is 34.4 Å². The van der Waals surface area contributed by atoms with Crippen molar-refractivity contribution in [1.82, 2.24) is 0 Å². The third-order valence-electron chi connectivity index (χ3n) is 15.5. The van der Waals surface area contributed by atoms with Crippen LogP contribution in [0.25, 0.3) is 0 Å². The number of aliphatic carboxylic acids is 1. The van der Waals surface area contributed by atoms with E-state index in [0.29, 0.717) is 17.4 Å². The molecule has 0 heterocycles. The molecule has 0 amide bonds. The monoisotopic (exact) mass is 1100 g/mol. The van der Waals surface area contributed by atoms with Crippen LogP contribution in [0.2, 0.25) is 0 Å². The highest BCUT2D eigenvalue weighted by Crippen LogP contribution is 2.19. The number of unbranched alkanes of at least 4 members (excludes halogenated alkanes) is 45. The van der Waals surface area contributed by atoms with Crippen LogP contribution in [0.1, 0.15) is 341 Å². The molecule has 0 fully saturated rings. The molecule has 0 aromatic carbocycles. The smallest absolute Gasteiger partial charge is 0.361 e. The number of carboxylic acids is 1. The summed E-state index contributed by atoms with van der Waals surface area (Å²) in [7, 11) is 5.99. The number of nitrogens with zero attached hydrogens (tertiary/aromatic N) is 1. The molecule has 0 aromatic heterocycles. The molecule has 0 aliphatic rings. The summed E-state index contributed by atoms with van der Waals surface area (Å²) in [6.45, 7) is 4.94. The van der Waals surface area contributed by atoms with Gasteiger partial charge in [0.25, 0.3) is 6.29 Å². The topological polar surface area (TPSA) is 108 Å². The average Bonchev–Trinajstić information content (AvgIpc) is 3.41. The Labute approximate surface area is 484 Å². The molecule has 0 aromatic rings. The van der Waals surface area contributed by atoms with E-state index in [1.54, 1.807) is 0 Å². The standard InChI is InChI=1S/C69H131NO8/c1-6-8-10-12-14-16-18-20-22-24-26-28-30-32-33-34-36-37-39-41-43-45-47-49-51-53-55-57-59-66(71)76-63-65(64-77-69(68(73)74)75-62-61-70(3,4)5)78-67(72)60-58-56-54-52-50-48-46-44-42-40-38-35-31-29-27-25-23-21-19-17-15-13-11-9-7-2/h19,21,25,27,65,69H,6-18,20,22-24,26,28-64H2,1-5H3/p+1/b21-19-,27-25-. The van der Waals surface area contributed by atoms with E-state index in [0.717, 1.165) is 44.9 Å². The summed E-state index contributed by atoms with van der Waals surface area (Å²) in [6.07, 6.45) is 71.4. The lowest BCUT2D eigenvalue weighted by Gasteiger charge is -2.25. The maximum atomic E-state index is 12.9. The zero-order chi connectivity index (χ0) is 56.9. The number of allylic oxidation sites excluding steroid dienone is 4. The first-order valence-corrected chi connectivity index (χ1v) is 34.0. The molecule has 0 aliphatic carbocycles. The Morgan fingerprint density at radius 1 is 0.385 bits per heavy atom. The number of hydrogen-bond donors (Lipinski definition) is 1. The molecule has 0 aliphatic heterocycles. The zero-order valence-electron chi connectivity index (χ0n) is 52.6. The molecule has 460 valence electrons. The number of esters is 2. The van der Waals surface area contributed by atoms with Gasteiger partial charge in [-0.2, -0.15) is 0 Å². The van der Waals surface area contributed by atoms with E-state index in [9.17, 15) is 19.5 Å². The lowest BCUT2D eigenvalue weighted by molar-refractivity contribution is -0.870. The van der Waals surface area contributed by atoms with Crippen LogP contribution in [0.3, 0.4) is 0 Å². The lowest BCUT2D eigenvalue weighted by Crippen LogP contribution is -2.40. The number of ether oxygens (including phenoxy) is 4. The van der Waals surface area contributed by atoms with Crippen molar-refractivity contribution in [1.29, 1.82) is 0 Å². The van der Waals surface area contributed by atoms with E-state index in [4.69, 9.17) is 18.9 Å². The van der Waals surface area contributed by atoms with Crippen molar-refractivity contribution < 1.29 is 42.9 Å². The molecule has 0 saturated heterocycles. The zero-order valence-corrected chi connectivity index (χ0v) is 52.6. The molecule has 0 saturated carbocycles. The highest BCUT2D eigenvalue weighted by atomic mass is 16.7. The molecule has 2 atom stereocenters. The van der Waals surface area contributed by atoms with Crippen LogP contribution < -0.4 is 0 Å². The quantitative estimate of drug-likeness (QED) is 0.0211. The number of carbonyl (C=O) groups excluding carboxylic acids is 2. The summed E-state index contributed by atoms with van der Waals surface area (Å²) in [5.41, 5.74) is 0. The van der Waals surface area contributed by atoms with Crippen LogP contribution >= 0.6 is 0 Å². The minimum Gasteiger partial charge on any atom is -0.477 e. The van der Waals surface area contributed by atoms with E-state index in [1.807, 2.05) is 21.1 Å². The van der Waals surface area contributed by atoms with Gasteiger partial charge in [-0.15, -0.1) is 0 Å². The van der Waals surface area contributed by atoms with Crippen molar-refractivity contribution in [3.8, 4) is 0 Å². The first-order chi connectivity index (χ1) is 38.1. The van der Waals surface area contributed by atoms with Crippen molar-refractivity contribution in [3.05, 3.63) is 24.3 Å². The number of quaternary nitrogens is 1. The third-order valence-corrected chi connectivity index (χ3v) is 15.5. The molecule has 0 spiro atoms. The van der Waals surface area contributed by atoms with E-state index in [-0.39, 0.29) is 38.2 Å². The highest BCUT2D eigenvalue weighted by molar-refractivity contribution is 5.71. The van der Waals surface area contributed by atoms with Crippen molar-refractivity contribution in [2.24, 2.45) is 0 Å². The summed E-state index contributed by atoms with van der Waals surface area (Å²) < 4.78 is 23.0. The Kier molecular flexibility index (Phi) is 59.1. The first kappa shape index (κ1) is 75.8. The normalized spacial score (nSPS) is 12.8. The fourth-order valence-corrected chi connectivity index (χ4v) is 10.2. The molecule has 78 heavy (non-hydrogen) atoms. The molecule has 0 bridgehead atoms. The maximum absolute atomic E-state index is 12.9. The van der Waals surface area contributed by atoms with Gasteiger partial charge in [0.15, 0.2) is 6.10 Å². The van der Waals surface area contributed by atoms with E-state index in [2.05, 4.69) is 38.2 Å². The van der Waals surface area contributed by atoms with Crippen molar-refractivity contribution >= 4 is 17.9 Å². The second-order valence-electron chi connectivity index (χ2n) is 24.5. The molecule has 0 rings (SSSR count). The molecule has 0 radical (unpaired) electrons. The number of likely N-dealkylation sites (N-methyl/N-ethyl adjacent to an activating group) is 1. The largest absolute Gasteiger partial charge is 0.477 e. The van der Waals surface area contributed by atoms with Gasteiger partial charge in [0.1, 0.15) is 13.2 Å². The van der Waals surface area contributed by atoms with Crippen LogP contribution in [0.5, 0.6) is 0 Å². The van der Waals surface area contributed by atoms with Crippen LogP contribution in [0, 0.1) is 0 Å². The Morgan fingerprint density at radius 2 is 0.692 bits per heavy atom. The second kappa shape index (κ2) is 60.9. The van der Waals surface area contributed by atoms with Gasteiger partial charge in [0, 0.05) is 12.8 Å². The van der Waals surface area contributed by atoms with Crippen LogP contribution in [0.15, 0.2) is 24.3 Å². The number of carboxylic acid groups (broad SMARTS) is 1. The van der Waals surface area contributed by atoms with Crippen LogP contribution in [-0.2, 0) is 33.3 Å². The van der Waals surface area contributed by atoms with Gasteiger partial charge in [0.2, 0.25) is 0 Å². The van der Waals surface area contributed by atoms with Crippen molar-refractivity contribution in [2.45, 2.75) is 354 Å². The minimum absolute atomic E-state index is 0.176. The van der Waals surface area contributed by atoms with E-state index in [1.165, 1.54) is 270 Å². The van der Waals surface area contributed by atoms with E-state index < -0.39 is 18.4 Å². The summed E-state index contributed by atoms with van der Waals surface area (Å²) >= 11 is 0. The van der Waals surface area contributed by atoms with Gasteiger partial charge in [-0.05, 0) is 44.9 Å². The number of rotatable bonds is 64. The van der Waals surface area contributed by atoms with Crippen LogP contribution in [0.4, 0.5) is 0 Å². The fourth-order valence-electron chi connectivity index (χ4n) is 10.2. The summed E-state index contributed by atoms with van der Waals surface area (Å²) in [6, 6.07) is 0. The molecular weight excluding hydrogens is 971 g/mol. The number of carbonyl (C=O) groups is 3. The van der Waals surface area contributed by atoms with E-state index >= 15 is 0 Å². The van der Waals surface area contributed by atoms with Gasteiger partial charge in [-0.1, -0.05) is 308 Å². The maximum Gasteiger partial charge on any atom is 0.361 e. The van der Waals surface area contributed by atoms with Gasteiger partial charge >= 0.3 is 17.9 Å². The Balaban J connectivity index is 4.09. The second-order valence-corrected chi connectivity index (χ2v) is 24.5. The molecule has 9 nitrogen and oxygen atoms in total. The highest BCUT2D eigenvalue weighted by Gasteiger charge is 2.25. The predicted molar refractivity (Wildman–Crippen MR) is 332 cm³/mol. The Morgan fingerprint density at radius 3 is 1.01 bits per heavy atom. The van der Waals surface area contributed by atoms with Gasteiger partial charge in [-0.25, -0.2) is 4.79 Å². The van der Waals surface area contributed by atoms with Crippen molar-refractivity contribution in [3.63, 3.8) is 0 Å². The summed E-state index contributed by atoms with van der Waals surface area (Å²) in [5.74, 6) is -1.98. The number of hydrogen-bond acceptors (Lipinski definition) is 7. The molecule has 2 unspecified atom stereocenters. The van der Waals surface area contributed by atoms with Gasteiger partial charge < -0.3 is 28.5 Å². The summed E-state index contributed by atoms with van der Waals surface area (Å²) in [4.78, 5) is 37.6. The Bertz CT molecular complexity index is 1330. The van der Waals surface area contributed by atoms with Crippen LogP contribution in [-0.4, -0.2) is 87.4 Å². The van der Waals surface area contributed by atoms with Crippen molar-refractivity contribution in [2.75, 3.05) is 47.5 Å². The third kappa shape index (κ3) is 61.4. The SMILES string of the molecule is CCCCCCC/C=C\C/C=C\CCCCCCCCCCCCCCCC(=O)OC(COC(=O)CCCCCCCCCCCCCCCCCCCCCCCCCCCCCC)COC(OCC[N+](C)(C)C)C(=O)O. The predicted octanol–water partition coefficient (Wildman–Crippen LogP) is 20.6. The van der Waals surface area contributed by atoms with Gasteiger partial charge in [-0.3, -0.25) is 9.59 Å².